The van der Waals surface area contributed by atoms with Crippen molar-refractivity contribution in [1.82, 2.24) is 24.7 Å². The van der Waals surface area contributed by atoms with Gasteiger partial charge in [0.1, 0.15) is 0 Å². The normalized spacial score (nSPS) is 28.4. The largest absolute Gasteiger partial charge is 0.335 e. The lowest BCUT2D eigenvalue weighted by Gasteiger charge is -2.37. The SMILES string of the molecule is CN1CCN(C)CCN(C(=O)NC2CC(NS(C)(=O)=O)C2)CC1. The average Bonchev–Trinajstić information content (AvgIpc) is 2.48. The highest BCUT2D eigenvalue weighted by Gasteiger charge is 2.33. The van der Waals surface area contributed by atoms with E-state index >= 15 is 0 Å². The van der Waals surface area contributed by atoms with E-state index in [9.17, 15) is 13.2 Å². The molecule has 0 atom stereocenters. The van der Waals surface area contributed by atoms with Crippen LogP contribution in [-0.2, 0) is 10.0 Å². The van der Waals surface area contributed by atoms with Gasteiger partial charge >= 0.3 is 6.03 Å². The minimum Gasteiger partial charge on any atom is -0.335 e. The van der Waals surface area contributed by atoms with E-state index in [0.717, 1.165) is 32.4 Å². The fourth-order valence-electron chi connectivity index (χ4n) is 2.86. The molecule has 1 aliphatic heterocycles. The van der Waals surface area contributed by atoms with Gasteiger partial charge in [0.15, 0.2) is 0 Å². The molecule has 9 heteroatoms. The molecule has 0 unspecified atom stereocenters. The Hall–Kier alpha value is -0.900. The fourth-order valence-corrected chi connectivity index (χ4v) is 3.66. The smallest absolute Gasteiger partial charge is 0.317 e. The first-order valence-electron chi connectivity index (χ1n) is 8.13. The van der Waals surface area contributed by atoms with Crippen molar-refractivity contribution < 1.29 is 13.2 Å². The summed E-state index contributed by atoms with van der Waals surface area (Å²) < 4.78 is 24.9. The van der Waals surface area contributed by atoms with E-state index in [4.69, 9.17) is 0 Å². The van der Waals surface area contributed by atoms with Crippen molar-refractivity contribution in [3.05, 3.63) is 0 Å². The van der Waals surface area contributed by atoms with Crippen molar-refractivity contribution in [2.45, 2.75) is 24.9 Å². The van der Waals surface area contributed by atoms with Crippen LogP contribution < -0.4 is 10.0 Å². The second-order valence-corrected chi connectivity index (χ2v) is 8.58. The number of urea groups is 1. The molecule has 1 aliphatic carbocycles. The Balaban J connectivity index is 1.78. The third-order valence-electron chi connectivity index (χ3n) is 4.50. The Labute approximate surface area is 139 Å². The van der Waals surface area contributed by atoms with Gasteiger partial charge in [-0.05, 0) is 26.9 Å². The van der Waals surface area contributed by atoms with Gasteiger partial charge in [-0.2, -0.15) is 0 Å². The van der Waals surface area contributed by atoms with Gasteiger partial charge in [0.05, 0.1) is 6.26 Å². The van der Waals surface area contributed by atoms with Crippen LogP contribution in [0.25, 0.3) is 0 Å². The predicted octanol–water partition coefficient (Wildman–Crippen LogP) is -1.04. The van der Waals surface area contributed by atoms with Gasteiger partial charge in [0.2, 0.25) is 10.0 Å². The topological polar surface area (TPSA) is 85.0 Å². The highest BCUT2D eigenvalue weighted by atomic mass is 32.2. The highest BCUT2D eigenvalue weighted by Crippen LogP contribution is 2.20. The molecule has 2 fully saturated rings. The highest BCUT2D eigenvalue weighted by molar-refractivity contribution is 7.88. The van der Waals surface area contributed by atoms with E-state index in [1.165, 1.54) is 0 Å². The maximum absolute atomic E-state index is 12.4. The number of likely N-dealkylation sites (N-methyl/N-ethyl adjacent to an activating group) is 2. The van der Waals surface area contributed by atoms with E-state index in [0.29, 0.717) is 25.9 Å². The number of rotatable bonds is 3. The third kappa shape index (κ3) is 6.25. The molecule has 2 rings (SSSR count). The number of nitrogens with zero attached hydrogens (tertiary/aromatic N) is 3. The van der Waals surface area contributed by atoms with Crippen LogP contribution in [0.2, 0.25) is 0 Å². The van der Waals surface area contributed by atoms with Crippen molar-refractivity contribution in [3.63, 3.8) is 0 Å². The molecule has 1 saturated heterocycles. The zero-order valence-corrected chi connectivity index (χ0v) is 15.1. The van der Waals surface area contributed by atoms with E-state index < -0.39 is 10.0 Å². The summed E-state index contributed by atoms with van der Waals surface area (Å²) in [6.45, 7) is 5.18. The molecule has 8 nitrogen and oxygen atoms in total. The molecular weight excluding hydrogens is 318 g/mol. The summed E-state index contributed by atoms with van der Waals surface area (Å²) in [5.41, 5.74) is 0. The second kappa shape index (κ2) is 7.78. The Morgan fingerprint density at radius 3 is 1.87 bits per heavy atom. The zero-order chi connectivity index (χ0) is 17.0. The van der Waals surface area contributed by atoms with Gasteiger partial charge in [-0.25, -0.2) is 17.9 Å². The van der Waals surface area contributed by atoms with Gasteiger partial charge in [0.25, 0.3) is 0 Å². The summed E-state index contributed by atoms with van der Waals surface area (Å²) in [5.74, 6) is 0. The van der Waals surface area contributed by atoms with Crippen molar-refractivity contribution >= 4 is 16.1 Å². The second-order valence-electron chi connectivity index (χ2n) is 6.80. The first-order valence-corrected chi connectivity index (χ1v) is 10.0. The van der Waals surface area contributed by atoms with E-state index in [2.05, 4.69) is 33.9 Å². The lowest BCUT2D eigenvalue weighted by atomic mass is 9.88. The molecule has 2 amide bonds. The van der Waals surface area contributed by atoms with Crippen molar-refractivity contribution in [2.75, 3.05) is 59.6 Å². The quantitative estimate of drug-likeness (QED) is 0.681. The molecule has 1 heterocycles. The summed E-state index contributed by atoms with van der Waals surface area (Å²) in [6, 6.07) is -0.0376. The Kier molecular flexibility index (Phi) is 6.24. The average molecular weight is 347 g/mol. The molecule has 1 saturated carbocycles. The van der Waals surface area contributed by atoms with E-state index in [1.54, 1.807) is 0 Å². The van der Waals surface area contributed by atoms with Crippen LogP contribution in [0.1, 0.15) is 12.8 Å². The summed E-state index contributed by atoms with van der Waals surface area (Å²) >= 11 is 0. The number of sulfonamides is 1. The van der Waals surface area contributed by atoms with Crippen LogP contribution in [0.3, 0.4) is 0 Å². The Morgan fingerprint density at radius 1 is 0.913 bits per heavy atom. The molecule has 0 aromatic rings. The summed E-state index contributed by atoms with van der Waals surface area (Å²) in [6.07, 6.45) is 2.48. The third-order valence-corrected chi connectivity index (χ3v) is 5.26. The Morgan fingerprint density at radius 2 is 1.39 bits per heavy atom. The lowest BCUT2D eigenvalue weighted by molar-refractivity contribution is 0.174. The fraction of sp³-hybridized carbons (Fsp3) is 0.929. The number of carbonyl (C=O) groups is 1. The molecule has 2 aliphatic rings. The minimum atomic E-state index is -3.17. The van der Waals surface area contributed by atoms with Crippen LogP contribution in [0.4, 0.5) is 4.79 Å². The number of hydrogen-bond donors (Lipinski definition) is 2. The number of amides is 2. The number of carbonyl (C=O) groups excluding carboxylic acids is 1. The number of nitrogens with one attached hydrogen (secondary N) is 2. The molecule has 0 aromatic heterocycles. The minimum absolute atomic E-state index is 0.0449. The van der Waals surface area contributed by atoms with Gasteiger partial charge in [0, 0.05) is 51.4 Å². The van der Waals surface area contributed by atoms with E-state index in [1.807, 2.05) is 4.90 Å². The lowest BCUT2D eigenvalue weighted by Crippen LogP contribution is -2.56. The van der Waals surface area contributed by atoms with Gasteiger partial charge in [-0.15, -0.1) is 0 Å². The number of hydrogen-bond acceptors (Lipinski definition) is 5. The summed E-state index contributed by atoms with van der Waals surface area (Å²) in [4.78, 5) is 18.7. The first kappa shape index (κ1) is 18.4. The molecule has 2 N–H and O–H groups in total. The molecular formula is C14H29N5O3S. The van der Waals surface area contributed by atoms with Crippen LogP contribution in [0.5, 0.6) is 0 Å². The van der Waals surface area contributed by atoms with Crippen molar-refractivity contribution in [1.29, 1.82) is 0 Å². The van der Waals surface area contributed by atoms with Crippen LogP contribution >= 0.6 is 0 Å². The summed E-state index contributed by atoms with van der Waals surface area (Å²) in [5, 5.41) is 3.02. The molecule has 0 bridgehead atoms. The molecule has 134 valence electrons. The summed E-state index contributed by atoms with van der Waals surface area (Å²) in [7, 11) is 0.978. The van der Waals surface area contributed by atoms with Crippen LogP contribution in [0.15, 0.2) is 0 Å². The Bertz CT molecular complexity index is 493. The van der Waals surface area contributed by atoms with Gasteiger partial charge in [-0.1, -0.05) is 0 Å². The maximum Gasteiger partial charge on any atom is 0.317 e. The van der Waals surface area contributed by atoms with Gasteiger partial charge in [-0.3, -0.25) is 0 Å². The standard InChI is InChI=1S/C14H29N5O3S/c1-17-4-5-18(2)7-9-19(8-6-17)14(20)15-12-10-13(11-12)16-23(3,21)22/h12-13,16H,4-11H2,1-3H3,(H,15,20). The van der Waals surface area contributed by atoms with Crippen LogP contribution in [0, 0.1) is 0 Å². The maximum atomic E-state index is 12.4. The van der Waals surface area contributed by atoms with Crippen LogP contribution in [-0.4, -0.2) is 101 Å². The zero-order valence-electron chi connectivity index (χ0n) is 14.3. The monoisotopic (exact) mass is 347 g/mol. The van der Waals surface area contributed by atoms with Gasteiger partial charge < -0.3 is 20.0 Å². The predicted molar refractivity (Wildman–Crippen MR) is 89.9 cm³/mol. The van der Waals surface area contributed by atoms with Crippen molar-refractivity contribution in [2.24, 2.45) is 0 Å². The molecule has 0 spiro atoms. The molecule has 23 heavy (non-hydrogen) atoms. The van der Waals surface area contributed by atoms with Crippen molar-refractivity contribution in [3.8, 4) is 0 Å². The molecule has 0 aromatic carbocycles. The van der Waals surface area contributed by atoms with E-state index in [-0.39, 0.29) is 18.1 Å². The first-order chi connectivity index (χ1) is 10.7. The molecule has 0 radical (unpaired) electrons.